The van der Waals surface area contributed by atoms with Crippen molar-refractivity contribution in [3.63, 3.8) is 0 Å². The number of halogens is 1. The number of fused-ring (bicyclic) bond motifs is 2. The highest BCUT2D eigenvalue weighted by Crippen LogP contribution is 2.46. The summed E-state index contributed by atoms with van der Waals surface area (Å²) in [5, 5.41) is 16.1. The van der Waals surface area contributed by atoms with Crippen LogP contribution in [0.4, 0.5) is 0 Å². The van der Waals surface area contributed by atoms with Crippen LogP contribution in [-0.2, 0) is 31.8 Å². The van der Waals surface area contributed by atoms with Crippen LogP contribution < -0.4 is 0 Å². The molecule has 0 bridgehead atoms. The van der Waals surface area contributed by atoms with Crippen molar-refractivity contribution in [3.8, 4) is 0 Å². The molecular formula is C20H26ClN3O. The van der Waals surface area contributed by atoms with Gasteiger partial charge in [-0.2, -0.15) is 5.10 Å². The molecule has 2 aromatic rings. The van der Waals surface area contributed by atoms with Gasteiger partial charge in [0.15, 0.2) is 0 Å². The van der Waals surface area contributed by atoms with Crippen LogP contribution in [0.3, 0.4) is 0 Å². The first kappa shape index (κ1) is 17.1. The standard InChI is InChI=1S/C20H26ClN3O/c1-3-17-15(19(21)23(2)22-17)13-24-10-8-20(9-11-24)16-7-5-4-6-14(16)12-18(20)25/h4-7,18,25H,3,8-13H2,1-2H3/t18-/m0/s1. The third kappa shape index (κ3) is 2.71. The molecule has 1 spiro atoms. The fraction of sp³-hybridized carbons (Fsp3) is 0.550. The SMILES string of the molecule is CCc1nn(C)c(Cl)c1CN1CCC2(CC1)c1ccccc1C[C@@H]2O. The lowest BCUT2D eigenvalue weighted by atomic mass is 9.72. The molecule has 25 heavy (non-hydrogen) atoms. The van der Waals surface area contributed by atoms with Crippen LogP contribution in [0.15, 0.2) is 24.3 Å². The summed E-state index contributed by atoms with van der Waals surface area (Å²) < 4.78 is 1.78. The molecule has 2 aliphatic rings. The molecule has 1 aliphatic carbocycles. The van der Waals surface area contributed by atoms with Gasteiger partial charge in [0.05, 0.1) is 11.8 Å². The van der Waals surface area contributed by atoms with Crippen molar-refractivity contribution in [2.75, 3.05) is 13.1 Å². The molecule has 0 saturated carbocycles. The predicted molar refractivity (Wildman–Crippen MR) is 99.9 cm³/mol. The fourth-order valence-electron chi connectivity index (χ4n) is 4.74. The summed E-state index contributed by atoms with van der Waals surface area (Å²) in [7, 11) is 1.90. The number of aliphatic hydroxyl groups excluding tert-OH is 1. The van der Waals surface area contributed by atoms with Gasteiger partial charge in [0.1, 0.15) is 5.15 Å². The monoisotopic (exact) mass is 359 g/mol. The van der Waals surface area contributed by atoms with Crippen molar-refractivity contribution in [1.82, 2.24) is 14.7 Å². The highest BCUT2D eigenvalue weighted by molar-refractivity contribution is 6.30. The Balaban J connectivity index is 1.51. The number of aromatic nitrogens is 2. The van der Waals surface area contributed by atoms with Crippen molar-refractivity contribution in [2.45, 2.75) is 50.7 Å². The molecule has 1 aromatic carbocycles. The van der Waals surface area contributed by atoms with Crippen molar-refractivity contribution in [2.24, 2.45) is 7.05 Å². The summed E-state index contributed by atoms with van der Waals surface area (Å²) >= 11 is 6.46. The Morgan fingerprint density at radius 1 is 1.28 bits per heavy atom. The summed E-state index contributed by atoms with van der Waals surface area (Å²) in [4.78, 5) is 2.46. The van der Waals surface area contributed by atoms with E-state index in [9.17, 15) is 5.11 Å². The van der Waals surface area contributed by atoms with E-state index in [-0.39, 0.29) is 11.5 Å². The largest absolute Gasteiger partial charge is 0.392 e. The Bertz CT molecular complexity index is 777. The van der Waals surface area contributed by atoms with Gasteiger partial charge < -0.3 is 5.11 Å². The number of aryl methyl sites for hydroxylation is 2. The van der Waals surface area contributed by atoms with E-state index in [2.05, 4.69) is 41.2 Å². The third-order valence-electron chi connectivity index (χ3n) is 6.22. The van der Waals surface area contributed by atoms with E-state index in [1.54, 1.807) is 4.68 Å². The molecule has 0 amide bonds. The Hall–Kier alpha value is -1.36. The number of nitrogens with zero attached hydrogens (tertiary/aromatic N) is 3. The Morgan fingerprint density at radius 2 is 2.00 bits per heavy atom. The topological polar surface area (TPSA) is 41.3 Å². The highest BCUT2D eigenvalue weighted by Gasteiger charge is 2.47. The van der Waals surface area contributed by atoms with E-state index >= 15 is 0 Å². The van der Waals surface area contributed by atoms with Gasteiger partial charge >= 0.3 is 0 Å². The number of hydrogen-bond acceptors (Lipinski definition) is 3. The van der Waals surface area contributed by atoms with Crippen LogP contribution in [0, 0.1) is 0 Å². The zero-order valence-electron chi connectivity index (χ0n) is 15.0. The maximum Gasteiger partial charge on any atom is 0.131 e. The van der Waals surface area contributed by atoms with Gasteiger partial charge in [0.25, 0.3) is 0 Å². The van der Waals surface area contributed by atoms with Gasteiger partial charge in [-0.3, -0.25) is 9.58 Å². The van der Waals surface area contributed by atoms with Gasteiger partial charge in [-0.25, -0.2) is 0 Å². The molecular weight excluding hydrogens is 334 g/mol. The van der Waals surface area contributed by atoms with Crippen LogP contribution in [0.2, 0.25) is 5.15 Å². The quantitative estimate of drug-likeness (QED) is 0.915. The number of hydrogen-bond donors (Lipinski definition) is 1. The van der Waals surface area contributed by atoms with Crippen molar-refractivity contribution < 1.29 is 5.11 Å². The first-order valence-electron chi connectivity index (χ1n) is 9.24. The van der Waals surface area contributed by atoms with E-state index in [0.29, 0.717) is 0 Å². The number of aliphatic hydroxyl groups is 1. The van der Waals surface area contributed by atoms with E-state index in [0.717, 1.165) is 61.7 Å². The number of piperidine rings is 1. The molecule has 0 unspecified atom stereocenters. The zero-order valence-corrected chi connectivity index (χ0v) is 15.8. The highest BCUT2D eigenvalue weighted by atomic mass is 35.5. The minimum Gasteiger partial charge on any atom is -0.392 e. The lowest BCUT2D eigenvalue weighted by molar-refractivity contribution is 0.0413. The van der Waals surface area contributed by atoms with Crippen molar-refractivity contribution in [1.29, 1.82) is 0 Å². The van der Waals surface area contributed by atoms with Crippen molar-refractivity contribution >= 4 is 11.6 Å². The maximum absolute atomic E-state index is 10.8. The summed E-state index contributed by atoms with van der Waals surface area (Å²) in [6.07, 6.45) is 3.46. The summed E-state index contributed by atoms with van der Waals surface area (Å²) in [6.45, 7) is 4.95. The third-order valence-corrected chi connectivity index (χ3v) is 6.69. The molecule has 0 radical (unpaired) electrons. The maximum atomic E-state index is 10.8. The Labute approximate surface area is 154 Å². The van der Waals surface area contributed by atoms with Crippen LogP contribution in [-0.4, -0.2) is 39.0 Å². The fourth-order valence-corrected chi connectivity index (χ4v) is 4.95. The van der Waals surface area contributed by atoms with E-state index < -0.39 is 0 Å². The summed E-state index contributed by atoms with van der Waals surface area (Å²) in [5.41, 5.74) is 4.90. The second kappa shape index (κ2) is 6.42. The molecule has 1 fully saturated rings. The zero-order chi connectivity index (χ0) is 17.6. The van der Waals surface area contributed by atoms with Crippen LogP contribution in [0.25, 0.3) is 0 Å². The van der Waals surface area contributed by atoms with Gasteiger partial charge in [-0.05, 0) is 49.9 Å². The minimum absolute atomic E-state index is 0.0561. The van der Waals surface area contributed by atoms with E-state index in [1.807, 2.05) is 7.05 Å². The summed E-state index contributed by atoms with van der Waals surface area (Å²) in [6, 6.07) is 8.57. The van der Waals surface area contributed by atoms with Crippen LogP contribution >= 0.6 is 11.6 Å². The molecule has 5 heteroatoms. The smallest absolute Gasteiger partial charge is 0.131 e. The van der Waals surface area contributed by atoms with Gasteiger partial charge in [0, 0.05) is 24.6 Å². The molecule has 1 aliphatic heterocycles. The molecule has 4 rings (SSSR count). The summed E-state index contributed by atoms with van der Waals surface area (Å²) in [5.74, 6) is 0. The molecule has 4 nitrogen and oxygen atoms in total. The molecule has 2 heterocycles. The second-order valence-electron chi connectivity index (χ2n) is 7.50. The number of likely N-dealkylation sites (tertiary alicyclic amines) is 1. The molecule has 1 N–H and O–H groups in total. The van der Waals surface area contributed by atoms with Crippen molar-refractivity contribution in [3.05, 3.63) is 51.8 Å². The Morgan fingerprint density at radius 3 is 2.72 bits per heavy atom. The predicted octanol–water partition coefficient (Wildman–Crippen LogP) is 3.09. The average Bonchev–Trinajstić information content (AvgIpc) is 3.05. The molecule has 1 atom stereocenters. The van der Waals surface area contributed by atoms with Gasteiger partial charge in [-0.1, -0.05) is 42.8 Å². The van der Waals surface area contributed by atoms with Gasteiger partial charge in [-0.15, -0.1) is 0 Å². The molecule has 1 saturated heterocycles. The van der Waals surface area contributed by atoms with Crippen LogP contribution in [0.1, 0.15) is 42.1 Å². The first-order valence-corrected chi connectivity index (χ1v) is 9.62. The van der Waals surface area contributed by atoms with Crippen LogP contribution in [0.5, 0.6) is 0 Å². The second-order valence-corrected chi connectivity index (χ2v) is 7.86. The number of benzene rings is 1. The van der Waals surface area contributed by atoms with E-state index in [1.165, 1.54) is 11.1 Å². The number of rotatable bonds is 3. The molecule has 1 aromatic heterocycles. The lowest BCUT2D eigenvalue weighted by Crippen LogP contribution is -2.47. The first-order chi connectivity index (χ1) is 12.0. The minimum atomic E-state index is -0.250. The normalized spacial score (nSPS) is 22.5. The van der Waals surface area contributed by atoms with E-state index in [4.69, 9.17) is 11.6 Å². The van der Waals surface area contributed by atoms with Gasteiger partial charge in [0.2, 0.25) is 0 Å². The Kier molecular flexibility index (Phi) is 4.38. The average molecular weight is 360 g/mol. The molecule has 134 valence electrons. The lowest BCUT2D eigenvalue weighted by Gasteiger charge is -2.42.